The molecule has 1 fully saturated rings. The number of ether oxygens (including phenoxy) is 1. The van der Waals surface area contributed by atoms with E-state index in [9.17, 15) is 0 Å². The minimum absolute atomic E-state index is 0.711. The average Bonchev–Trinajstić information content (AvgIpc) is 2.66. The SMILES string of the molecule is Cn1ccc(CNCC2CCCOC2)c1. The summed E-state index contributed by atoms with van der Waals surface area (Å²) < 4.78 is 7.53. The van der Waals surface area contributed by atoms with Crippen LogP contribution in [0.5, 0.6) is 0 Å². The van der Waals surface area contributed by atoms with Crippen molar-refractivity contribution >= 4 is 0 Å². The molecule has 1 aliphatic heterocycles. The van der Waals surface area contributed by atoms with E-state index in [1.165, 1.54) is 18.4 Å². The van der Waals surface area contributed by atoms with Crippen LogP contribution in [-0.4, -0.2) is 24.3 Å². The van der Waals surface area contributed by atoms with Gasteiger partial charge >= 0.3 is 0 Å². The monoisotopic (exact) mass is 208 g/mol. The number of nitrogens with zero attached hydrogens (tertiary/aromatic N) is 1. The molecule has 1 aromatic rings. The summed E-state index contributed by atoms with van der Waals surface area (Å²) in [7, 11) is 2.05. The summed E-state index contributed by atoms with van der Waals surface area (Å²) >= 11 is 0. The lowest BCUT2D eigenvalue weighted by Crippen LogP contribution is -2.28. The molecule has 0 saturated carbocycles. The quantitative estimate of drug-likeness (QED) is 0.812. The molecular formula is C12H20N2O. The fraction of sp³-hybridized carbons (Fsp3) is 0.667. The van der Waals surface area contributed by atoms with Crippen LogP contribution in [0.25, 0.3) is 0 Å². The van der Waals surface area contributed by atoms with Crippen molar-refractivity contribution in [2.75, 3.05) is 19.8 Å². The topological polar surface area (TPSA) is 26.2 Å². The normalized spacial score (nSPS) is 21.8. The third kappa shape index (κ3) is 3.36. The smallest absolute Gasteiger partial charge is 0.0506 e. The Labute approximate surface area is 91.4 Å². The van der Waals surface area contributed by atoms with E-state index in [4.69, 9.17) is 4.74 Å². The van der Waals surface area contributed by atoms with Gasteiger partial charge in [0, 0.05) is 39.1 Å². The van der Waals surface area contributed by atoms with Gasteiger partial charge in [-0.3, -0.25) is 0 Å². The molecule has 0 aliphatic carbocycles. The van der Waals surface area contributed by atoms with E-state index in [0.717, 1.165) is 26.3 Å². The molecule has 84 valence electrons. The molecule has 3 heteroatoms. The van der Waals surface area contributed by atoms with Gasteiger partial charge in [-0.05, 0) is 30.4 Å². The summed E-state index contributed by atoms with van der Waals surface area (Å²) in [5.74, 6) is 0.711. The van der Waals surface area contributed by atoms with Crippen LogP contribution in [0.2, 0.25) is 0 Å². The molecule has 1 atom stereocenters. The lowest BCUT2D eigenvalue weighted by atomic mass is 10.0. The Hall–Kier alpha value is -0.800. The average molecular weight is 208 g/mol. The fourth-order valence-corrected chi connectivity index (χ4v) is 2.05. The molecule has 0 aromatic carbocycles. The summed E-state index contributed by atoms with van der Waals surface area (Å²) in [5.41, 5.74) is 1.36. The molecule has 1 aliphatic rings. The molecule has 2 heterocycles. The summed E-state index contributed by atoms with van der Waals surface area (Å²) in [6.07, 6.45) is 6.77. The number of nitrogens with one attached hydrogen (secondary N) is 1. The highest BCUT2D eigenvalue weighted by Gasteiger charge is 2.12. The standard InChI is InChI=1S/C12H20N2O/c1-14-5-4-11(9-14)7-13-8-12-3-2-6-15-10-12/h4-5,9,12-13H,2-3,6-8,10H2,1H3. The second kappa shape index (κ2) is 5.33. The van der Waals surface area contributed by atoms with Crippen molar-refractivity contribution in [2.45, 2.75) is 19.4 Å². The first-order valence-corrected chi connectivity index (χ1v) is 5.74. The highest BCUT2D eigenvalue weighted by atomic mass is 16.5. The zero-order valence-corrected chi connectivity index (χ0v) is 9.41. The number of rotatable bonds is 4. The summed E-state index contributed by atoms with van der Waals surface area (Å²) in [4.78, 5) is 0. The Kier molecular flexibility index (Phi) is 3.80. The van der Waals surface area contributed by atoms with Crippen molar-refractivity contribution in [2.24, 2.45) is 13.0 Å². The highest BCUT2D eigenvalue weighted by molar-refractivity contribution is 5.09. The number of aromatic nitrogens is 1. The van der Waals surface area contributed by atoms with E-state index in [-0.39, 0.29) is 0 Å². The van der Waals surface area contributed by atoms with E-state index in [1.807, 2.05) is 0 Å². The molecule has 0 amide bonds. The third-order valence-corrected chi connectivity index (χ3v) is 2.91. The van der Waals surface area contributed by atoms with Crippen molar-refractivity contribution in [3.05, 3.63) is 24.0 Å². The third-order valence-electron chi connectivity index (χ3n) is 2.91. The summed E-state index contributed by atoms with van der Waals surface area (Å²) in [6, 6.07) is 2.16. The van der Waals surface area contributed by atoms with Crippen LogP contribution in [0, 0.1) is 5.92 Å². The van der Waals surface area contributed by atoms with Crippen LogP contribution in [-0.2, 0) is 18.3 Å². The maximum absolute atomic E-state index is 5.44. The van der Waals surface area contributed by atoms with Gasteiger partial charge in [-0.25, -0.2) is 0 Å². The lowest BCUT2D eigenvalue weighted by molar-refractivity contribution is 0.0547. The van der Waals surface area contributed by atoms with Crippen LogP contribution >= 0.6 is 0 Å². The zero-order chi connectivity index (χ0) is 10.5. The Morgan fingerprint density at radius 1 is 1.60 bits per heavy atom. The van der Waals surface area contributed by atoms with Crippen LogP contribution in [0.3, 0.4) is 0 Å². The highest BCUT2D eigenvalue weighted by Crippen LogP contribution is 2.12. The van der Waals surface area contributed by atoms with E-state index >= 15 is 0 Å². The molecule has 0 bridgehead atoms. The van der Waals surface area contributed by atoms with Crippen molar-refractivity contribution in [3.63, 3.8) is 0 Å². The zero-order valence-electron chi connectivity index (χ0n) is 9.41. The maximum atomic E-state index is 5.44. The first kappa shape index (κ1) is 10.7. The predicted molar refractivity (Wildman–Crippen MR) is 60.7 cm³/mol. The Morgan fingerprint density at radius 3 is 3.20 bits per heavy atom. The Bertz CT molecular complexity index is 290. The first-order chi connectivity index (χ1) is 7.34. The lowest BCUT2D eigenvalue weighted by Gasteiger charge is -2.22. The summed E-state index contributed by atoms with van der Waals surface area (Å²) in [6.45, 7) is 3.93. The van der Waals surface area contributed by atoms with Gasteiger partial charge in [0.25, 0.3) is 0 Å². The Morgan fingerprint density at radius 2 is 2.53 bits per heavy atom. The van der Waals surface area contributed by atoms with Gasteiger partial charge in [-0.2, -0.15) is 0 Å². The van der Waals surface area contributed by atoms with E-state index < -0.39 is 0 Å². The van der Waals surface area contributed by atoms with E-state index in [2.05, 4.69) is 35.4 Å². The molecule has 1 unspecified atom stereocenters. The minimum Gasteiger partial charge on any atom is -0.381 e. The minimum atomic E-state index is 0.711. The number of hydrogen-bond acceptors (Lipinski definition) is 2. The largest absolute Gasteiger partial charge is 0.381 e. The summed E-state index contributed by atoms with van der Waals surface area (Å²) in [5, 5.41) is 3.49. The second-order valence-electron chi connectivity index (χ2n) is 4.40. The van der Waals surface area contributed by atoms with Crippen LogP contribution < -0.4 is 5.32 Å². The maximum Gasteiger partial charge on any atom is 0.0506 e. The van der Waals surface area contributed by atoms with Gasteiger partial charge in [0.05, 0.1) is 6.61 Å². The Balaban J connectivity index is 1.65. The van der Waals surface area contributed by atoms with Crippen LogP contribution in [0.15, 0.2) is 18.5 Å². The van der Waals surface area contributed by atoms with Gasteiger partial charge < -0.3 is 14.6 Å². The van der Waals surface area contributed by atoms with Crippen LogP contribution in [0.1, 0.15) is 18.4 Å². The van der Waals surface area contributed by atoms with E-state index in [1.54, 1.807) is 0 Å². The molecule has 1 saturated heterocycles. The predicted octanol–water partition coefficient (Wildman–Crippen LogP) is 1.54. The van der Waals surface area contributed by atoms with Gasteiger partial charge in [0.15, 0.2) is 0 Å². The number of aryl methyl sites for hydroxylation is 1. The van der Waals surface area contributed by atoms with Crippen LogP contribution in [0.4, 0.5) is 0 Å². The van der Waals surface area contributed by atoms with E-state index in [0.29, 0.717) is 5.92 Å². The molecule has 1 aromatic heterocycles. The molecule has 0 spiro atoms. The van der Waals surface area contributed by atoms with Gasteiger partial charge in [0.1, 0.15) is 0 Å². The van der Waals surface area contributed by atoms with Gasteiger partial charge in [0.2, 0.25) is 0 Å². The molecular weight excluding hydrogens is 188 g/mol. The van der Waals surface area contributed by atoms with Crippen molar-refractivity contribution < 1.29 is 4.74 Å². The number of hydrogen-bond donors (Lipinski definition) is 1. The molecule has 0 radical (unpaired) electrons. The molecule has 3 nitrogen and oxygen atoms in total. The first-order valence-electron chi connectivity index (χ1n) is 5.74. The molecule has 2 rings (SSSR count). The van der Waals surface area contributed by atoms with Gasteiger partial charge in [-0.15, -0.1) is 0 Å². The molecule has 1 N–H and O–H groups in total. The van der Waals surface area contributed by atoms with Gasteiger partial charge in [-0.1, -0.05) is 0 Å². The molecule has 15 heavy (non-hydrogen) atoms. The van der Waals surface area contributed by atoms with Crippen molar-refractivity contribution in [3.8, 4) is 0 Å². The fourth-order valence-electron chi connectivity index (χ4n) is 2.05. The van der Waals surface area contributed by atoms with Crippen molar-refractivity contribution in [1.29, 1.82) is 0 Å². The van der Waals surface area contributed by atoms with Crippen molar-refractivity contribution in [1.82, 2.24) is 9.88 Å². The second-order valence-corrected chi connectivity index (χ2v) is 4.40.